The molecule has 18 heavy (non-hydrogen) atoms. The van der Waals surface area contributed by atoms with E-state index >= 15 is 0 Å². The topological polar surface area (TPSA) is 79.5 Å². The Kier molecular flexibility index (Phi) is 4.00. The van der Waals surface area contributed by atoms with E-state index in [-0.39, 0.29) is 11.3 Å². The van der Waals surface area contributed by atoms with Crippen LogP contribution in [0.2, 0.25) is 0 Å². The summed E-state index contributed by atoms with van der Waals surface area (Å²) in [5, 5.41) is 10.0. The highest BCUT2D eigenvalue weighted by Crippen LogP contribution is 2.23. The van der Waals surface area contributed by atoms with Crippen molar-refractivity contribution in [2.45, 2.75) is 25.6 Å². The van der Waals surface area contributed by atoms with Crippen LogP contribution in [0.5, 0.6) is 0 Å². The summed E-state index contributed by atoms with van der Waals surface area (Å²) >= 11 is 0. The maximum Gasteiger partial charge on any atom is 0.409 e. The van der Waals surface area contributed by atoms with Gasteiger partial charge in [0.05, 0.1) is 18.2 Å². The van der Waals surface area contributed by atoms with Crippen LogP contribution in [0.15, 0.2) is 16.7 Å². The maximum absolute atomic E-state index is 12.5. The van der Waals surface area contributed by atoms with Gasteiger partial charge >= 0.3 is 12.1 Å². The van der Waals surface area contributed by atoms with Crippen LogP contribution < -0.4 is 5.32 Å². The summed E-state index contributed by atoms with van der Waals surface area (Å²) in [6, 6.07) is -1.23. The number of hydrogen-bond donors (Lipinski definition) is 2. The van der Waals surface area contributed by atoms with Crippen LogP contribution in [0.1, 0.15) is 22.5 Å². The number of hydrogen-bond acceptors (Lipinski definition) is 3. The van der Waals surface area contributed by atoms with E-state index in [0.29, 0.717) is 0 Å². The van der Waals surface area contributed by atoms with Crippen molar-refractivity contribution in [3.8, 4) is 0 Å². The smallest absolute Gasteiger partial charge is 0.409 e. The van der Waals surface area contributed by atoms with Crippen molar-refractivity contribution in [2.75, 3.05) is 0 Å². The summed E-state index contributed by atoms with van der Waals surface area (Å²) in [5.74, 6) is -2.52. The lowest BCUT2D eigenvalue weighted by molar-refractivity contribution is -0.165. The molecule has 2 N–H and O–H groups in total. The number of amides is 1. The number of carbonyl (C=O) groups excluding carboxylic acids is 1. The number of rotatable bonds is 4. The molecule has 0 aliphatic carbocycles. The van der Waals surface area contributed by atoms with Crippen molar-refractivity contribution >= 4 is 11.9 Å². The third-order valence-electron chi connectivity index (χ3n) is 2.18. The van der Waals surface area contributed by atoms with Crippen molar-refractivity contribution in [3.63, 3.8) is 0 Å². The lowest BCUT2D eigenvalue weighted by Gasteiger charge is -2.19. The summed E-state index contributed by atoms with van der Waals surface area (Å²) in [4.78, 5) is 21.8. The predicted molar refractivity (Wildman–Crippen MR) is 53.0 cm³/mol. The average molecular weight is 265 g/mol. The van der Waals surface area contributed by atoms with E-state index in [9.17, 15) is 22.8 Å². The van der Waals surface area contributed by atoms with Gasteiger partial charge in [0.25, 0.3) is 5.91 Å². The van der Waals surface area contributed by atoms with Crippen LogP contribution in [0.3, 0.4) is 0 Å². The zero-order valence-corrected chi connectivity index (χ0v) is 9.25. The molecule has 0 fully saturated rings. The number of carboxylic acid groups (broad SMARTS) is 1. The van der Waals surface area contributed by atoms with Gasteiger partial charge in [0.1, 0.15) is 11.8 Å². The second-order valence-corrected chi connectivity index (χ2v) is 3.56. The van der Waals surface area contributed by atoms with E-state index in [4.69, 9.17) is 9.52 Å². The quantitative estimate of drug-likeness (QED) is 0.868. The second-order valence-electron chi connectivity index (χ2n) is 3.56. The van der Waals surface area contributed by atoms with Gasteiger partial charge in [0, 0.05) is 0 Å². The molecule has 5 nitrogen and oxygen atoms in total. The Balaban J connectivity index is 2.82. The summed E-state index contributed by atoms with van der Waals surface area (Å²) in [6.45, 7) is 1.41. The van der Waals surface area contributed by atoms with Gasteiger partial charge in [-0.3, -0.25) is 9.59 Å². The average Bonchev–Trinajstić information content (AvgIpc) is 2.61. The van der Waals surface area contributed by atoms with Gasteiger partial charge < -0.3 is 14.8 Å². The maximum atomic E-state index is 12.5. The van der Waals surface area contributed by atoms with E-state index in [1.165, 1.54) is 13.0 Å². The molecule has 0 aliphatic heterocycles. The number of alkyl halides is 3. The standard InChI is InChI=1S/C10H10F3NO4/c1-5-6(2-3-18-5)9(17)14-7(4-8(15)16)10(11,12)13/h2-3,7H,4H2,1H3,(H,14,17)(H,15,16). The van der Waals surface area contributed by atoms with Crippen molar-refractivity contribution < 1.29 is 32.3 Å². The van der Waals surface area contributed by atoms with E-state index in [0.717, 1.165) is 6.26 Å². The molecule has 1 unspecified atom stereocenters. The lowest BCUT2D eigenvalue weighted by atomic mass is 10.1. The van der Waals surface area contributed by atoms with Gasteiger partial charge in [-0.05, 0) is 13.0 Å². The Morgan fingerprint density at radius 3 is 2.50 bits per heavy atom. The number of furan rings is 1. The number of aryl methyl sites for hydroxylation is 1. The van der Waals surface area contributed by atoms with Crippen LogP contribution in [0, 0.1) is 6.92 Å². The van der Waals surface area contributed by atoms with Crippen LogP contribution in [-0.2, 0) is 4.79 Å². The molecule has 1 aromatic rings. The van der Waals surface area contributed by atoms with Gasteiger partial charge in [-0.25, -0.2) is 0 Å². The van der Waals surface area contributed by atoms with Crippen molar-refractivity contribution in [3.05, 3.63) is 23.7 Å². The Labute approximate surface area is 99.6 Å². The Hall–Kier alpha value is -1.99. The molecule has 0 bridgehead atoms. The van der Waals surface area contributed by atoms with E-state index < -0.39 is 30.5 Å². The summed E-state index contributed by atoms with van der Waals surface area (Å²) in [5.41, 5.74) is -0.0605. The molecule has 100 valence electrons. The van der Waals surface area contributed by atoms with Gasteiger partial charge in [-0.2, -0.15) is 13.2 Å². The molecule has 8 heteroatoms. The van der Waals surface area contributed by atoms with Gasteiger partial charge in [-0.1, -0.05) is 0 Å². The fourth-order valence-corrected chi connectivity index (χ4v) is 1.28. The molecule has 1 atom stereocenters. The molecule has 1 heterocycles. The second kappa shape index (κ2) is 5.11. The third kappa shape index (κ3) is 3.51. The van der Waals surface area contributed by atoms with Crippen LogP contribution >= 0.6 is 0 Å². The van der Waals surface area contributed by atoms with E-state index in [1.807, 2.05) is 0 Å². The van der Waals surface area contributed by atoms with Crippen molar-refractivity contribution in [1.29, 1.82) is 0 Å². The molecule has 0 saturated heterocycles. The number of halogens is 3. The summed E-state index contributed by atoms with van der Waals surface area (Å²) in [6.07, 6.45) is -4.90. The first-order chi connectivity index (χ1) is 8.21. The lowest BCUT2D eigenvalue weighted by Crippen LogP contribution is -2.46. The number of carboxylic acids is 1. The fourth-order valence-electron chi connectivity index (χ4n) is 1.28. The molecule has 1 rings (SSSR count). The van der Waals surface area contributed by atoms with E-state index in [2.05, 4.69) is 0 Å². The Morgan fingerprint density at radius 2 is 2.11 bits per heavy atom. The molecule has 1 aromatic heterocycles. The van der Waals surface area contributed by atoms with Gasteiger partial charge in [0.15, 0.2) is 0 Å². The molecule has 0 spiro atoms. The zero-order chi connectivity index (χ0) is 13.9. The summed E-state index contributed by atoms with van der Waals surface area (Å²) in [7, 11) is 0. The monoisotopic (exact) mass is 265 g/mol. The minimum absolute atomic E-state index is 0.0605. The van der Waals surface area contributed by atoms with Crippen LogP contribution in [0.4, 0.5) is 13.2 Å². The van der Waals surface area contributed by atoms with Crippen LogP contribution in [-0.4, -0.2) is 29.2 Å². The Morgan fingerprint density at radius 1 is 1.50 bits per heavy atom. The highest BCUT2D eigenvalue weighted by Gasteiger charge is 2.42. The number of carbonyl (C=O) groups is 2. The first kappa shape index (κ1) is 14.1. The molecular weight excluding hydrogens is 255 g/mol. The van der Waals surface area contributed by atoms with Crippen molar-refractivity contribution in [2.24, 2.45) is 0 Å². The largest absolute Gasteiger partial charge is 0.481 e. The number of nitrogens with one attached hydrogen (secondary N) is 1. The van der Waals surface area contributed by atoms with Crippen molar-refractivity contribution in [1.82, 2.24) is 5.32 Å². The van der Waals surface area contributed by atoms with Gasteiger partial charge in [-0.15, -0.1) is 0 Å². The van der Waals surface area contributed by atoms with Crippen LogP contribution in [0.25, 0.3) is 0 Å². The first-order valence-electron chi connectivity index (χ1n) is 4.85. The Bertz CT molecular complexity index is 452. The SMILES string of the molecule is Cc1occc1C(=O)NC(CC(=O)O)C(F)(F)F. The first-order valence-corrected chi connectivity index (χ1v) is 4.85. The highest BCUT2D eigenvalue weighted by molar-refractivity contribution is 5.95. The normalized spacial score (nSPS) is 13.1. The highest BCUT2D eigenvalue weighted by atomic mass is 19.4. The number of aliphatic carboxylic acids is 1. The molecule has 0 saturated carbocycles. The molecule has 0 aliphatic rings. The zero-order valence-electron chi connectivity index (χ0n) is 9.25. The molecular formula is C10H10F3NO4. The third-order valence-corrected chi connectivity index (χ3v) is 2.18. The molecule has 0 radical (unpaired) electrons. The predicted octanol–water partition coefficient (Wildman–Crippen LogP) is 1.72. The minimum Gasteiger partial charge on any atom is -0.481 e. The minimum atomic E-state index is -4.83. The fraction of sp³-hybridized carbons (Fsp3) is 0.400. The van der Waals surface area contributed by atoms with Gasteiger partial charge in [0.2, 0.25) is 0 Å². The summed E-state index contributed by atoms with van der Waals surface area (Å²) < 4.78 is 42.2. The molecule has 1 amide bonds. The van der Waals surface area contributed by atoms with E-state index in [1.54, 1.807) is 5.32 Å². The molecule has 0 aromatic carbocycles.